The number of hydrogen-bond acceptors (Lipinski definition) is 5. The molecule has 0 spiro atoms. The second-order valence-corrected chi connectivity index (χ2v) is 8.77. The molecule has 0 bridgehead atoms. The summed E-state index contributed by atoms with van der Waals surface area (Å²) in [4.78, 5) is 51.1. The molecule has 0 N–H and O–H groups in total. The van der Waals surface area contributed by atoms with Crippen molar-refractivity contribution < 1.29 is 23.9 Å². The summed E-state index contributed by atoms with van der Waals surface area (Å²) in [6, 6.07) is 9.81. The Kier molecular flexibility index (Phi) is 6.31. The van der Waals surface area contributed by atoms with E-state index < -0.39 is 5.97 Å². The SMILES string of the molecule is Cc1ccc(-n2c(C)cc(C(=O)COC(=O)CCN3C(=O)C4CC=CCC4C3=O)c2C)cc1. The second-order valence-electron chi connectivity index (χ2n) is 8.77. The van der Waals surface area contributed by atoms with Crippen LogP contribution < -0.4 is 0 Å². The average Bonchev–Trinajstić information content (AvgIpc) is 3.24. The molecule has 0 saturated carbocycles. The summed E-state index contributed by atoms with van der Waals surface area (Å²) < 4.78 is 7.17. The first kappa shape index (κ1) is 22.7. The highest BCUT2D eigenvalue weighted by Gasteiger charge is 2.46. The molecule has 33 heavy (non-hydrogen) atoms. The third-order valence-electron chi connectivity index (χ3n) is 6.53. The molecule has 7 nitrogen and oxygen atoms in total. The summed E-state index contributed by atoms with van der Waals surface area (Å²) in [7, 11) is 0. The molecule has 1 aliphatic heterocycles. The quantitative estimate of drug-likeness (QED) is 0.280. The first-order valence-electron chi connectivity index (χ1n) is 11.2. The first-order valence-corrected chi connectivity index (χ1v) is 11.2. The van der Waals surface area contributed by atoms with Gasteiger partial charge in [-0.1, -0.05) is 29.8 Å². The number of nitrogens with zero attached hydrogens (tertiary/aromatic N) is 2. The molecule has 2 heterocycles. The van der Waals surface area contributed by atoms with E-state index >= 15 is 0 Å². The van der Waals surface area contributed by atoms with Gasteiger partial charge in [-0.2, -0.15) is 0 Å². The van der Waals surface area contributed by atoms with Crippen LogP contribution in [0.25, 0.3) is 5.69 Å². The number of carbonyl (C=O) groups excluding carboxylic acids is 4. The van der Waals surface area contributed by atoms with Gasteiger partial charge < -0.3 is 9.30 Å². The third-order valence-corrected chi connectivity index (χ3v) is 6.53. The van der Waals surface area contributed by atoms with Crippen LogP contribution in [0, 0.1) is 32.6 Å². The van der Waals surface area contributed by atoms with Crippen LogP contribution in [0.2, 0.25) is 0 Å². The summed E-state index contributed by atoms with van der Waals surface area (Å²) in [5.74, 6) is -1.97. The maximum atomic E-state index is 12.7. The van der Waals surface area contributed by atoms with Crippen molar-refractivity contribution in [2.45, 2.75) is 40.0 Å². The molecule has 4 rings (SSSR count). The molecular weight excluding hydrogens is 420 g/mol. The van der Waals surface area contributed by atoms with Gasteiger partial charge in [-0.15, -0.1) is 0 Å². The van der Waals surface area contributed by atoms with Crippen molar-refractivity contribution in [2.24, 2.45) is 11.8 Å². The number of amides is 2. The van der Waals surface area contributed by atoms with Crippen LogP contribution in [0.3, 0.4) is 0 Å². The number of allylic oxidation sites excluding steroid dienone is 2. The van der Waals surface area contributed by atoms with Crippen molar-refractivity contribution in [2.75, 3.05) is 13.2 Å². The van der Waals surface area contributed by atoms with Gasteiger partial charge in [-0.3, -0.25) is 24.1 Å². The highest BCUT2D eigenvalue weighted by molar-refractivity contribution is 6.05. The van der Waals surface area contributed by atoms with Gasteiger partial charge in [0.2, 0.25) is 17.6 Å². The van der Waals surface area contributed by atoms with Crippen LogP contribution in [0.15, 0.2) is 42.5 Å². The van der Waals surface area contributed by atoms with Crippen LogP contribution in [-0.2, 0) is 19.1 Å². The summed E-state index contributed by atoms with van der Waals surface area (Å²) in [6.07, 6.45) is 4.84. The van der Waals surface area contributed by atoms with Crippen molar-refractivity contribution in [3.8, 4) is 5.69 Å². The van der Waals surface area contributed by atoms with E-state index in [-0.39, 0.29) is 49.0 Å². The number of aromatic nitrogens is 1. The predicted molar refractivity (Wildman–Crippen MR) is 122 cm³/mol. The van der Waals surface area contributed by atoms with E-state index in [4.69, 9.17) is 4.74 Å². The van der Waals surface area contributed by atoms with Gasteiger partial charge in [0, 0.05) is 29.2 Å². The van der Waals surface area contributed by atoms with Gasteiger partial charge in [-0.25, -0.2) is 0 Å². The van der Waals surface area contributed by atoms with Gasteiger partial charge in [0.15, 0.2) is 6.61 Å². The highest BCUT2D eigenvalue weighted by atomic mass is 16.5. The molecule has 0 radical (unpaired) electrons. The number of imide groups is 1. The number of fused-ring (bicyclic) bond motifs is 1. The molecule has 1 aromatic carbocycles. The number of benzene rings is 1. The zero-order valence-electron chi connectivity index (χ0n) is 19.2. The Labute approximate surface area is 193 Å². The molecule has 1 aliphatic carbocycles. The Morgan fingerprint density at radius 3 is 2.18 bits per heavy atom. The highest BCUT2D eigenvalue weighted by Crippen LogP contribution is 2.35. The number of ketones is 1. The minimum atomic E-state index is -0.607. The first-order chi connectivity index (χ1) is 15.8. The molecule has 2 unspecified atom stereocenters. The van der Waals surface area contributed by atoms with E-state index in [0.29, 0.717) is 18.4 Å². The fourth-order valence-corrected chi connectivity index (χ4v) is 4.72. The fraction of sp³-hybridized carbons (Fsp3) is 0.385. The van der Waals surface area contributed by atoms with E-state index in [1.165, 1.54) is 4.90 Å². The van der Waals surface area contributed by atoms with Crippen LogP contribution in [0.5, 0.6) is 0 Å². The molecular formula is C26H28N2O5. The zero-order valence-corrected chi connectivity index (χ0v) is 19.2. The van der Waals surface area contributed by atoms with Crippen molar-refractivity contribution in [3.05, 3.63) is 65.0 Å². The summed E-state index contributed by atoms with van der Waals surface area (Å²) in [6.45, 7) is 5.41. The van der Waals surface area contributed by atoms with E-state index in [9.17, 15) is 19.2 Å². The number of rotatable bonds is 7. The van der Waals surface area contributed by atoms with Crippen LogP contribution in [0.1, 0.15) is 46.6 Å². The Hall–Kier alpha value is -3.48. The lowest BCUT2D eigenvalue weighted by molar-refractivity contribution is -0.145. The smallest absolute Gasteiger partial charge is 0.308 e. The van der Waals surface area contributed by atoms with Gasteiger partial charge in [0.1, 0.15) is 0 Å². The summed E-state index contributed by atoms with van der Waals surface area (Å²) in [5, 5.41) is 0. The van der Waals surface area contributed by atoms with Gasteiger partial charge in [-0.05, 0) is 51.8 Å². The lowest BCUT2D eigenvalue weighted by atomic mass is 9.85. The van der Waals surface area contributed by atoms with Gasteiger partial charge >= 0.3 is 5.97 Å². The number of Topliss-reactive ketones (excluding diaryl/α,β-unsaturated/α-hetero) is 1. The molecule has 2 aromatic rings. The Balaban J connectivity index is 1.33. The third kappa shape index (κ3) is 4.40. The molecule has 1 fully saturated rings. The number of ether oxygens (including phenoxy) is 1. The molecule has 7 heteroatoms. The van der Waals surface area contributed by atoms with E-state index in [1.54, 1.807) is 6.07 Å². The number of hydrogen-bond donors (Lipinski definition) is 0. The van der Waals surface area contributed by atoms with Crippen molar-refractivity contribution >= 4 is 23.6 Å². The van der Waals surface area contributed by atoms with Crippen molar-refractivity contribution in [3.63, 3.8) is 0 Å². The van der Waals surface area contributed by atoms with Gasteiger partial charge in [0.25, 0.3) is 0 Å². The molecule has 1 saturated heterocycles. The van der Waals surface area contributed by atoms with E-state index in [1.807, 2.05) is 61.8 Å². The predicted octanol–water partition coefficient (Wildman–Crippen LogP) is 3.47. The largest absolute Gasteiger partial charge is 0.457 e. The van der Waals surface area contributed by atoms with Crippen molar-refractivity contribution in [1.29, 1.82) is 0 Å². The molecule has 2 atom stereocenters. The zero-order chi connectivity index (χ0) is 23.7. The monoisotopic (exact) mass is 448 g/mol. The Morgan fingerprint density at radius 2 is 1.58 bits per heavy atom. The number of aryl methyl sites for hydroxylation is 2. The minimum Gasteiger partial charge on any atom is -0.457 e. The molecule has 172 valence electrons. The lowest BCUT2D eigenvalue weighted by Gasteiger charge is -2.14. The molecule has 1 aromatic heterocycles. The van der Waals surface area contributed by atoms with E-state index in [0.717, 1.165) is 22.6 Å². The summed E-state index contributed by atoms with van der Waals surface area (Å²) in [5.41, 5.74) is 4.30. The van der Waals surface area contributed by atoms with Gasteiger partial charge in [0.05, 0.1) is 18.3 Å². The summed E-state index contributed by atoms with van der Waals surface area (Å²) >= 11 is 0. The molecule has 2 aliphatic rings. The number of esters is 1. The maximum absolute atomic E-state index is 12.7. The molecule has 2 amide bonds. The Morgan fingerprint density at radius 1 is 0.970 bits per heavy atom. The van der Waals surface area contributed by atoms with Crippen LogP contribution in [0.4, 0.5) is 0 Å². The minimum absolute atomic E-state index is 0.0143. The fourth-order valence-electron chi connectivity index (χ4n) is 4.72. The van der Waals surface area contributed by atoms with E-state index in [2.05, 4.69) is 0 Å². The van der Waals surface area contributed by atoms with Crippen LogP contribution >= 0.6 is 0 Å². The number of carbonyl (C=O) groups is 4. The van der Waals surface area contributed by atoms with Crippen molar-refractivity contribution in [1.82, 2.24) is 9.47 Å². The maximum Gasteiger partial charge on any atom is 0.308 e. The van der Waals surface area contributed by atoms with Crippen LogP contribution in [-0.4, -0.2) is 46.2 Å². The average molecular weight is 449 g/mol. The standard InChI is InChI=1S/C26H28N2O5/c1-16-8-10-19(11-9-16)28-17(2)14-22(18(28)3)23(29)15-33-24(30)12-13-27-25(31)20-6-4-5-7-21(20)26(27)32/h4-5,8-11,14,20-21H,6-7,12-13,15H2,1-3H3. The number of likely N-dealkylation sites (tertiary alicyclic amines) is 1. The normalized spacial score (nSPS) is 19.7. The Bertz CT molecular complexity index is 1120. The lowest BCUT2D eigenvalue weighted by Crippen LogP contribution is -2.33. The second kappa shape index (κ2) is 9.17. The topological polar surface area (TPSA) is 85.7 Å².